The van der Waals surface area contributed by atoms with E-state index in [0.717, 1.165) is 12.8 Å². The summed E-state index contributed by atoms with van der Waals surface area (Å²) in [5.41, 5.74) is 2.57. The molecule has 0 aromatic heterocycles. The van der Waals surface area contributed by atoms with Gasteiger partial charge in [0.15, 0.2) is 0 Å². The Bertz CT molecular complexity index is 380. The van der Waals surface area contributed by atoms with Crippen LogP contribution in [0, 0.1) is 5.92 Å². The molecule has 0 atom stereocenters. The van der Waals surface area contributed by atoms with Crippen molar-refractivity contribution in [2.45, 2.75) is 39.2 Å². The van der Waals surface area contributed by atoms with Crippen molar-refractivity contribution in [3.05, 3.63) is 35.4 Å². The Kier molecular flexibility index (Phi) is 3.28. The highest BCUT2D eigenvalue weighted by Crippen LogP contribution is 2.29. The maximum Gasteiger partial charge on any atom is 0.223 e. The van der Waals surface area contributed by atoms with Crippen LogP contribution in [0.5, 0.6) is 0 Å². The zero-order chi connectivity index (χ0) is 11.5. The predicted molar refractivity (Wildman–Crippen MR) is 65.1 cm³/mol. The first-order chi connectivity index (χ1) is 7.68. The molecule has 0 saturated heterocycles. The fourth-order valence-corrected chi connectivity index (χ4v) is 1.93. The van der Waals surface area contributed by atoms with E-state index in [1.807, 2.05) is 6.07 Å². The van der Waals surface area contributed by atoms with Crippen molar-refractivity contribution in [3.63, 3.8) is 0 Å². The predicted octanol–water partition coefficient (Wildman–Crippen LogP) is 2.84. The smallest absolute Gasteiger partial charge is 0.223 e. The monoisotopic (exact) mass is 217 g/mol. The lowest BCUT2D eigenvalue weighted by Crippen LogP contribution is -2.24. The molecule has 0 heterocycles. The molecule has 1 N–H and O–H groups in total. The molecule has 1 amide bonds. The van der Waals surface area contributed by atoms with Gasteiger partial charge in [-0.1, -0.05) is 38.1 Å². The fourth-order valence-electron chi connectivity index (χ4n) is 1.93. The Balaban J connectivity index is 1.99. The van der Waals surface area contributed by atoms with E-state index in [1.54, 1.807) is 0 Å². The molecule has 0 spiro atoms. The highest BCUT2D eigenvalue weighted by molar-refractivity contribution is 5.80. The van der Waals surface area contributed by atoms with Gasteiger partial charge < -0.3 is 5.32 Å². The van der Waals surface area contributed by atoms with Crippen LogP contribution in [0.1, 0.15) is 43.7 Å². The van der Waals surface area contributed by atoms with Crippen molar-refractivity contribution in [3.8, 4) is 0 Å². The van der Waals surface area contributed by atoms with Crippen LogP contribution >= 0.6 is 0 Å². The van der Waals surface area contributed by atoms with Gasteiger partial charge in [0.25, 0.3) is 0 Å². The number of amides is 1. The molecule has 1 saturated carbocycles. The van der Waals surface area contributed by atoms with Crippen LogP contribution in [0.4, 0.5) is 0 Å². The van der Waals surface area contributed by atoms with Crippen molar-refractivity contribution in [2.75, 3.05) is 0 Å². The van der Waals surface area contributed by atoms with Crippen molar-refractivity contribution in [1.29, 1.82) is 0 Å². The fraction of sp³-hybridized carbons (Fsp3) is 0.500. The van der Waals surface area contributed by atoms with Gasteiger partial charge in [0.2, 0.25) is 5.91 Å². The van der Waals surface area contributed by atoms with Crippen LogP contribution < -0.4 is 5.32 Å². The van der Waals surface area contributed by atoms with Gasteiger partial charge in [0, 0.05) is 12.5 Å². The van der Waals surface area contributed by atoms with E-state index in [9.17, 15) is 4.79 Å². The van der Waals surface area contributed by atoms with E-state index in [4.69, 9.17) is 0 Å². The highest BCUT2D eigenvalue weighted by Gasteiger charge is 2.29. The molecule has 16 heavy (non-hydrogen) atoms. The topological polar surface area (TPSA) is 29.1 Å². The van der Waals surface area contributed by atoms with Gasteiger partial charge in [0.1, 0.15) is 0 Å². The molecule has 0 bridgehead atoms. The first-order valence-electron chi connectivity index (χ1n) is 6.04. The van der Waals surface area contributed by atoms with E-state index >= 15 is 0 Å². The van der Waals surface area contributed by atoms with Crippen molar-refractivity contribution < 1.29 is 4.79 Å². The summed E-state index contributed by atoms with van der Waals surface area (Å²) >= 11 is 0. The molecule has 86 valence electrons. The van der Waals surface area contributed by atoms with Crippen LogP contribution in [0.25, 0.3) is 0 Å². The quantitative estimate of drug-likeness (QED) is 0.825. The number of nitrogens with one attached hydrogen (secondary N) is 1. The van der Waals surface area contributed by atoms with E-state index in [1.165, 1.54) is 11.1 Å². The number of rotatable bonds is 4. The van der Waals surface area contributed by atoms with Crippen molar-refractivity contribution in [1.82, 2.24) is 5.32 Å². The minimum absolute atomic E-state index is 0.221. The van der Waals surface area contributed by atoms with Crippen LogP contribution in [0.2, 0.25) is 0 Å². The van der Waals surface area contributed by atoms with Gasteiger partial charge >= 0.3 is 0 Å². The van der Waals surface area contributed by atoms with E-state index in [-0.39, 0.29) is 5.91 Å². The SMILES string of the molecule is CC(C)c1ccccc1CNC(=O)C1CC1. The number of hydrogen-bond acceptors (Lipinski definition) is 1. The molecule has 1 aromatic carbocycles. The molecule has 2 rings (SSSR count). The number of hydrogen-bond donors (Lipinski definition) is 1. The molecule has 1 aromatic rings. The minimum atomic E-state index is 0.221. The largest absolute Gasteiger partial charge is 0.352 e. The number of carbonyl (C=O) groups excluding carboxylic acids is 1. The highest BCUT2D eigenvalue weighted by atomic mass is 16.2. The van der Waals surface area contributed by atoms with E-state index in [2.05, 4.69) is 37.4 Å². The summed E-state index contributed by atoms with van der Waals surface area (Å²) in [5.74, 6) is 1.03. The van der Waals surface area contributed by atoms with E-state index < -0.39 is 0 Å². The maximum absolute atomic E-state index is 11.5. The zero-order valence-corrected chi connectivity index (χ0v) is 9.99. The average molecular weight is 217 g/mol. The summed E-state index contributed by atoms with van der Waals surface area (Å²) in [6.45, 7) is 5.03. The summed E-state index contributed by atoms with van der Waals surface area (Å²) in [4.78, 5) is 11.5. The molecular weight excluding hydrogens is 198 g/mol. The summed E-state index contributed by atoms with van der Waals surface area (Å²) < 4.78 is 0. The first kappa shape index (κ1) is 11.2. The summed E-state index contributed by atoms with van der Waals surface area (Å²) in [7, 11) is 0. The third kappa shape index (κ3) is 2.63. The third-order valence-electron chi connectivity index (χ3n) is 3.08. The van der Waals surface area contributed by atoms with Crippen molar-refractivity contribution >= 4 is 5.91 Å². The Morgan fingerprint density at radius 3 is 2.69 bits per heavy atom. The van der Waals surface area contributed by atoms with Crippen LogP contribution in [-0.2, 0) is 11.3 Å². The Labute approximate surface area is 97.1 Å². The van der Waals surface area contributed by atoms with Gasteiger partial charge in [-0.2, -0.15) is 0 Å². The second-order valence-corrected chi connectivity index (χ2v) is 4.85. The summed E-state index contributed by atoms with van der Waals surface area (Å²) in [6, 6.07) is 8.33. The van der Waals surface area contributed by atoms with Crippen LogP contribution in [-0.4, -0.2) is 5.91 Å². The van der Waals surface area contributed by atoms with E-state index in [0.29, 0.717) is 18.4 Å². The summed E-state index contributed by atoms with van der Waals surface area (Å²) in [6.07, 6.45) is 2.13. The van der Waals surface area contributed by atoms with Gasteiger partial charge in [-0.15, -0.1) is 0 Å². The average Bonchev–Trinajstić information content (AvgIpc) is 3.10. The Morgan fingerprint density at radius 1 is 1.38 bits per heavy atom. The summed E-state index contributed by atoms with van der Waals surface area (Å²) in [5, 5.41) is 3.02. The number of benzene rings is 1. The molecule has 1 fully saturated rings. The lowest BCUT2D eigenvalue weighted by Gasteiger charge is -2.13. The first-order valence-corrected chi connectivity index (χ1v) is 6.04. The molecule has 1 aliphatic carbocycles. The Hall–Kier alpha value is -1.31. The molecule has 2 heteroatoms. The maximum atomic E-state index is 11.5. The number of carbonyl (C=O) groups is 1. The van der Waals surface area contributed by atoms with Gasteiger partial charge in [-0.05, 0) is 29.9 Å². The molecule has 1 aliphatic rings. The molecular formula is C14H19NO. The minimum Gasteiger partial charge on any atom is -0.352 e. The lowest BCUT2D eigenvalue weighted by atomic mass is 9.97. The molecule has 0 aliphatic heterocycles. The molecule has 0 unspecified atom stereocenters. The van der Waals surface area contributed by atoms with Gasteiger partial charge in [-0.25, -0.2) is 0 Å². The second kappa shape index (κ2) is 4.69. The van der Waals surface area contributed by atoms with Gasteiger partial charge in [-0.3, -0.25) is 4.79 Å². The zero-order valence-electron chi connectivity index (χ0n) is 9.99. The molecule has 0 radical (unpaired) electrons. The standard InChI is InChI=1S/C14H19NO/c1-10(2)13-6-4-3-5-12(13)9-15-14(16)11-7-8-11/h3-6,10-11H,7-9H2,1-2H3,(H,15,16). The lowest BCUT2D eigenvalue weighted by molar-refractivity contribution is -0.122. The van der Waals surface area contributed by atoms with Crippen molar-refractivity contribution in [2.24, 2.45) is 5.92 Å². The normalized spacial score (nSPS) is 15.2. The molecule has 2 nitrogen and oxygen atoms in total. The third-order valence-corrected chi connectivity index (χ3v) is 3.08. The van der Waals surface area contributed by atoms with Crippen LogP contribution in [0.15, 0.2) is 24.3 Å². The Morgan fingerprint density at radius 2 is 2.06 bits per heavy atom. The van der Waals surface area contributed by atoms with Crippen LogP contribution in [0.3, 0.4) is 0 Å². The second-order valence-electron chi connectivity index (χ2n) is 4.85. The van der Waals surface area contributed by atoms with Gasteiger partial charge in [0.05, 0.1) is 0 Å².